The molecule has 2 aromatic carbocycles. The number of nitrogens with zero attached hydrogens (tertiary/aromatic N) is 6. The first kappa shape index (κ1) is 25.4. The first-order chi connectivity index (χ1) is 18.8. The Morgan fingerprint density at radius 3 is 2.79 bits per heavy atom. The summed E-state index contributed by atoms with van der Waals surface area (Å²) in [7, 11) is 4.11. The number of rotatable bonds is 6. The maximum atomic E-state index is 12.1. The second kappa shape index (κ2) is 9.73. The van der Waals surface area contributed by atoms with Gasteiger partial charge in [0.25, 0.3) is 0 Å². The van der Waals surface area contributed by atoms with Gasteiger partial charge in [0.05, 0.1) is 23.0 Å². The molecule has 3 aliphatic rings. The topological polar surface area (TPSA) is 77.6 Å². The van der Waals surface area contributed by atoms with Crippen LogP contribution in [-0.2, 0) is 11.8 Å². The Morgan fingerprint density at radius 2 is 2.08 bits per heavy atom. The summed E-state index contributed by atoms with van der Waals surface area (Å²) in [6, 6.07) is 11.2. The molecule has 1 atom stereocenters. The highest BCUT2D eigenvalue weighted by Gasteiger charge is 2.49. The number of hydrogen-bond acceptors (Lipinski definition) is 6. The molecule has 1 spiro atoms. The fraction of sp³-hybridized carbons (Fsp3) is 0.452. The fourth-order valence-electron chi connectivity index (χ4n) is 6.79. The molecular formula is C31H36N6O2. The van der Waals surface area contributed by atoms with Crippen LogP contribution in [0.4, 0.5) is 5.69 Å². The minimum Gasteiger partial charge on any atom is -0.492 e. The van der Waals surface area contributed by atoms with Gasteiger partial charge in [-0.1, -0.05) is 18.7 Å². The summed E-state index contributed by atoms with van der Waals surface area (Å²) in [5.74, 6) is 0.780. The van der Waals surface area contributed by atoms with E-state index in [0.717, 1.165) is 84.6 Å². The van der Waals surface area contributed by atoms with Gasteiger partial charge in [0.1, 0.15) is 18.4 Å². The lowest BCUT2D eigenvalue weighted by Crippen LogP contribution is -2.59. The van der Waals surface area contributed by atoms with Gasteiger partial charge in [-0.15, -0.1) is 0 Å². The predicted octanol–water partition coefficient (Wildman–Crippen LogP) is 4.12. The number of anilines is 1. The number of likely N-dealkylation sites (tertiary alicyclic amines) is 2. The van der Waals surface area contributed by atoms with Crippen molar-refractivity contribution in [1.29, 1.82) is 5.26 Å². The van der Waals surface area contributed by atoms with Crippen molar-refractivity contribution in [2.45, 2.75) is 32.2 Å². The normalized spacial score (nSPS) is 20.4. The number of ether oxygens (including phenoxy) is 1. The van der Waals surface area contributed by atoms with E-state index in [9.17, 15) is 10.1 Å². The third-order valence-corrected chi connectivity index (χ3v) is 9.02. The number of aryl methyl sites for hydroxylation is 2. The fourth-order valence-corrected chi connectivity index (χ4v) is 6.79. The molecule has 6 rings (SSSR count). The largest absolute Gasteiger partial charge is 0.492 e. The maximum absolute atomic E-state index is 12.1. The highest BCUT2D eigenvalue weighted by Crippen LogP contribution is 2.45. The molecular weight excluding hydrogens is 488 g/mol. The summed E-state index contributed by atoms with van der Waals surface area (Å²) in [6.07, 6.45) is 6.58. The number of benzene rings is 2. The quantitative estimate of drug-likeness (QED) is 0.452. The lowest BCUT2D eigenvalue weighted by molar-refractivity contribution is -0.136. The molecule has 1 amide bonds. The van der Waals surface area contributed by atoms with Gasteiger partial charge in [0.2, 0.25) is 5.91 Å². The minimum absolute atomic E-state index is 0.00824. The number of carbonyl (C=O) groups excluding carboxylic acids is 1. The number of likely N-dealkylation sites (N-methyl/N-ethyl adjacent to an activating group) is 1. The van der Waals surface area contributed by atoms with Crippen LogP contribution in [0.3, 0.4) is 0 Å². The van der Waals surface area contributed by atoms with Gasteiger partial charge in [-0.25, -0.2) is 0 Å². The molecule has 0 radical (unpaired) electrons. The average Bonchev–Trinajstić information content (AvgIpc) is 3.64. The average molecular weight is 525 g/mol. The molecule has 39 heavy (non-hydrogen) atoms. The van der Waals surface area contributed by atoms with Crippen molar-refractivity contribution in [3.63, 3.8) is 0 Å². The van der Waals surface area contributed by atoms with E-state index in [2.05, 4.69) is 59.7 Å². The van der Waals surface area contributed by atoms with E-state index >= 15 is 0 Å². The summed E-state index contributed by atoms with van der Waals surface area (Å²) < 4.78 is 8.37. The third-order valence-electron chi connectivity index (χ3n) is 9.02. The van der Waals surface area contributed by atoms with Crippen LogP contribution in [0, 0.1) is 23.7 Å². The molecule has 0 aliphatic carbocycles. The van der Waals surface area contributed by atoms with Gasteiger partial charge in [-0.2, -0.15) is 10.4 Å². The molecule has 3 fully saturated rings. The van der Waals surface area contributed by atoms with Crippen LogP contribution in [0.25, 0.3) is 22.0 Å². The number of amides is 1. The minimum atomic E-state index is -0.00824. The van der Waals surface area contributed by atoms with Crippen LogP contribution in [0.1, 0.15) is 30.4 Å². The molecule has 4 heterocycles. The van der Waals surface area contributed by atoms with Gasteiger partial charge in [0, 0.05) is 67.3 Å². The summed E-state index contributed by atoms with van der Waals surface area (Å²) in [5, 5.41) is 16.1. The number of fused-ring (bicyclic) bond motifs is 1. The smallest absolute Gasteiger partial charge is 0.245 e. The van der Waals surface area contributed by atoms with Crippen molar-refractivity contribution < 1.29 is 9.53 Å². The van der Waals surface area contributed by atoms with Crippen molar-refractivity contribution in [2.24, 2.45) is 12.5 Å². The van der Waals surface area contributed by atoms with Gasteiger partial charge >= 0.3 is 0 Å². The number of carbonyl (C=O) groups is 1. The van der Waals surface area contributed by atoms with E-state index in [4.69, 9.17) is 4.74 Å². The zero-order valence-corrected chi connectivity index (χ0v) is 23.1. The highest BCUT2D eigenvalue weighted by atomic mass is 16.5. The monoisotopic (exact) mass is 524 g/mol. The summed E-state index contributed by atoms with van der Waals surface area (Å²) in [6.45, 7) is 10.6. The molecule has 3 aliphatic heterocycles. The summed E-state index contributed by atoms with van der Waals surface area (Å²) in [5.41, 5.74) is 5.65. The molecule has 8 heteroatoms. The SMILES string of the molecule is C=CC(=O)N1CC2(CCN(c3cc(OC[C@@H]4CCCN4C)cc(-c4c(C)ccc5cnn(C)c45)c3C#N)C2)C1. The Balaban J connectivity index is 1.42. The van der Waals surface area contributed by atoms with Crippen LogP contribution >= 0.6 is 0 Å². The van der Waals surface area contributed by atoms with Crippen LogP contribution in [0.2, 0.25) is 0 Å². The van der Waals surface area contributed by atoms with E-state index in [0.29, 0.717) is 18.2 Å². The Labute approximate surface area is 230 Å². The second-order valence-electron chi connectivity index (χ2n) is 11.6. The van der Waals surface area contributed by atoms with Gasteiger partial charge in [0.15, 0.2) is 0 Å². The number of aromatic nitrogens is 2. The molecule has 3 saturated heterocycles. The van der Waals surface area contributed by atoms with E-state index in [1.807, 2.05) is 28.9 Å². The zero-order chi connectivity index (χ0) is 27.3. The molecule has 0 unspecified atom stereocenters. The van der Waals surface area contributed by atoms with Gasteiger partial charge in [-0.3, -0.25) is 9.48 Å². The standard InChI is InChI=1S/C31H36N6O2/c1-5-28(38)37-19-31(20-37)10-12-36(18-31)27-14-24(39-17-23-7-6-11-34(23)3)13-25(26(27)15-32)29-21(2)8-9-22-16-33-35(4)30(22)29/h5,8-9,13-14,16,23H,1,6-7,10-12,17-20H2,2-4H3/t23-/m0/s1. The summed E-state index contributed by atoms with van der Waals surface area (Å²) >= 11 is 0. The van der Waals surface area contributed by atoms with Crippen LogP contribution in [0.5, 0.6) is 5.75 Å². The van der Waals surface area contributed by atoms with Crippen molar-refractivity contribution in [3.05, 3.63) is 54.2 Å². The van der Waals surface area contributed by atoms with Crippen LogP contribution in [-0.4, -0.2) is 77.9 Å². The van der Waals surface area contributed by atoms with E-state index in [1.54, 1.807) is 0 Å². The highest BCUT2D eigenvalue weighted by molar-refractivity contribution is 5.98. The number of nitriles is 1. The third kappa shape index (κ3) is 4.35. The molecule has 0 bridgehead atoms. The number of hydrogen-bond donors (Lipinski definition) is 0. The van der Waals surface area contributed by atoms with Crippen molar-refractivity contribution >= 4 is 22.5 Å². The van der Waals surface area contributed by atoms with Crippen molar-refractivity contribution in [2.75, 3.05) is 51.3 Å². The van der Waals surface area contributed by atoms with Gasteiger partial charge in [-0.05, 0) is 57.5 Å². The molecule has 0 saturated carbocycles. The van der Waals surface area contributed by atoms with Crippen LogP contribution in [0.15, 0.2) is 43.1 Å². The Hall–Kier alpha value is -3.83. The lowest BCUT2D eigenvalue weighted by Gasteiger charge is -2.47. The Kier molecular flexibility index (Phi) is 6.35. The lowest BCUT2D eigenvalue weighted by atomic mass is 9.79. The first-order valence-corrected chi connectivity index (χ1v) is 13.8. The Morgan fingerprint density at radius 1 is 1.26 bits per heavy atom. The zero-order valence-electron chi connectivity index (χ0n) is 23.1. The Bertz CT molecular complexity index is 1490. The van der Waals surface area contributed by atoms with Crippen molar-refractivity contribution in [3.8, 4) is 22.9 Å². The summed E-state index contributed by atoms with van der Waals surface area (Å²) in [4.78, 5) is 18.7. The van der Waals surface area contributed by atoms with Gasteiger partial charge < -0.3 is 19.4 Å². The molecule has 8 nitrogen and oxygen atoms in total. The second-order valence-corrected chi connectivity index (χ2v) is 11.6. The van der Waals surface area contributed by atoms with E-state index in [1.165, 1.54) is 12.5 Å². The van der Waals surface area contributed by atoms with Crippen LogP contribution < -0.4 is 9.64 Å². The van der Waals surface area contributed by atoms with E-state index in [-0.39, 0.29) is 11.3 Å². The molecule has 202 valence electrons. The molecule has 0 N–H and O–H groups in total. The van der Waals surface area contributed by atoms with E-state index < -0.39 is 0 Å². The molecule has 1 aromatic heterocycles. The molecule has 3 aromatic rings. The maximum Gasteiger partial charge on any atom is 0.245 e. The first-order valence-electron chi connectivity index (χ1n) is 13.8. The predicted molar refractivity (Wildman–Crippen MR) is 153 cm³/mol. The van der Waals surface area contributed by atoms with Crippen molar-refractivity contribution in [1.82, 2.24) is 19.6 Å².